The van der Waals surface area contributed by atoms with E-state index < -0.39 is 0 Å². The molecule has 0 aromatic heterocycles. The van der Waals surface area contributed by atoms with Crippen LogP contribution in [0.2, 0.25) is 0 Å². The Labute approximate surface area is 124 Å². The van der Waals surface area contributed by atoms with Crippen molar-refractivity contribution in [1.82, 2.24) is 5.32 Å². The molecule has 1 aromatic carbocycles. The molecule has 0 saturated heterocycles. The first-order valence-corrected chi connectivity index (χ1v) is 8.06. The highest BCUT2D eigenvalue weighted by Gasteiger charge is 2.14. The summed E-state index contributed by atoms with van der Waals surface area (Å²) >= 11 is 0. The number of hydrogen-bond donors (Lipinski definition) is 1. The second-order valence-corrected chi connectivity index (χ2v) is 5.99. The second-order valence-electron chi connectivity index (χ2n) is 5.99. The molecule has 0 heterocycles. The van der Waals surface area contributed by atoms with Gasteiger partial charge in [-0.3, -0.25) is 0 Å². The Hall–Kier alpha value is -1.02. The molecule has 1 aromatic rings. The zero-order chi connectivity index (χ0) is 15.0. The summed E-state index contributed by atoms with van der Waals surface area (Å²) in [5.74, 6) is 1.00. The quantitative estimate of drug-likeness (QED) is 0.635. The third kappa shape index (κ3) is 5.96. The fourth-order valence-electron chi connectivity index (χ4n) is 2.50. The lowest BCUT2D eigenvalue weighted by atomic mass is 10.0. The molecule has 0 radical (unpaired) electrons. The Morgan fingerprint density at radius 1 is 1.05 bits per heavy atom. The second kappa shape index (κ2) is 9.02. The maximum absolute atomic E-state index is 5.91. The zero-order valence-corrected chi connectivity index (χ0v) is 13.8. The molecule has 0 amide bonds. The van der Waals surface area contributed by atoms with Gasteiger partial charge in [0.15, 0.2) is 0 Å². The molecule has 2 unspecified atom stereocenters. The lowest BCUT2D eigenvalue weighted by Gasteiger charge is -2.23. The van der Waals surface area contributed by atoms with Crippen LogP contribution in [-0.4, -0.2) is 12.1 Å². The summed E-state index contributed by atoms with van der Waals surface area (Å²) in [4.78, 5) is 0. The van der Waals surface area contributed by atoms with Gasteiger partial charge in [-0.1, -0.05) is 44.4 Å². The molecule has 0 aliphatic heterocycles. The van der Waals surface area contributed by atoms with Crippen LogP contribution < -0.4 is 10.1 Å². The smallest absolute Gasteiger partial charge is 0.124 e. The Morgan fingerprint density at radius 2 is 1.75 bits per heavy atom. The fourth-order valence-corrected chi connectivity index (χ4v) is 2.50. The van der Waals surface area contributed by atoms with Crippen molar-refractivity contribution in [2.45, 2.75) is 78.5 Å². The van der Waals surface area contributed by atoms with E-state index in [9.17, 15) is 0 Å². The fraction of sp³-hybridized carbons (Fsp3) is 0.667. The minimum absolute atomic E-state index is 0.213. The van der Waals surface area contributed by atoms with Crippen LogP contribution in [0, 0.1) is 0 Å². The van der Waals surface area contributed by atoms with Gasteiger partial charge in [0.25, 0.3) is 0 Å². The summed E-state index contributed by atoms with van der Waals surface area (Å²) < 4.78 is 5.91. The van der Waals surface area contributed by atoms with Crippen molar-refractivity contribution in [1.29, 1.82) is 0 Å². The molecule has 20 heavy (non-hydrogen) atoms. The van der Waals surface area contributed by atoms with Gasteiger partial charge in [-0.05, 0) is 40.2 Å². The Kier molecular flexibility index (Phi) is 7.68. The molecule has 2 atom stereocenters. The highest BCUT2D eigenvalue weighted by molar-refractivity contribution is 5.35. The van der Waals surface area contributed by atoms with Crippen molar-refractivity contribution in [3.8, 4) is 5.75 Å². The van der Waals surface area contributed by atoms with Crippen LogP contribution in [0.3, 0.4) is 0 Å². The summed E-state index contributed by atoms with van der Waals surface area (Å²) in [6.07, 6.45) is 5.37. The van der Waals surface area contributed by atoms with Crippen molar-refractivity contribution in [2.75, 3.05) is 0 Å². The molecule has 0 bridgehead atoms. The lowest BCUT2D eigenvalue weighted by Crippen LogP contribution is -2.29. The molecule has 1 N–H and O–H groups in total. The van der Waals surface area contributed by atoms with Gasteiger partial charge in [-0.2, -0.15) is 0 Å². The standard InChI is InChI=1S/C18H31NO/c1-6-7-8-11-15(4)19-16(5)17-12-9-10-13-18(17)20-14(2)3/h9-10,12-16,19H,6-8,11H2,1-5H3. The number of para-hydroxylation sites is 1. The SMILES string of the molecule is CCCCCC(C)NC(C)c1ccccc1OC(C)C. The lowest BCUT2D eigenvalue weighted by molar-refractivity contribution is 0.237. The largest absolute Gasteiger partial charge is 0.491 e. The van der Waals surface area contributed by atoms with Crippen LogP contribution in [-0.2, 0) is 0 Å². The first-order valence-electron chi connectivity index (χ1n) is 8.06. The highest BCUT2D eigenvalue weighted by atomic mass is 16.5. The molecular weight excluding hydrogens is 246 g/mol. The number of rotatable bonds is 9. The van der Waals surface area contributed by atoms with Gasteiger partial charge < -0.3 is 10.1 Å². The van der Waals surface area contributed by atoms with Crippen molar-refractivity contribution < 1.29 is 4.74 Å². The van der Waals surface area contributed by atoms with E-state index in [2.05, 4.69) is 58.1 Å². The normalized spacial score (nSPS) is 14.3. The van der Waals surface area contributed by atoms with Gasteiger partial charge in [-0.25, -0.2) is 0 Å². The van der Waals surface area contributed by atoms with Crippen LogP contribution in [0.1, 0.15) is 71.9 Å². The summed E-state index contributed by atoms with van der Waals surface area (Å²) in [7, 11) is 0. The van der Waals surface area contributed by atoms with E-state index >= 15 is 0 Å². The van der Waals surface area contributed by atoms with Gasteiger partial charge in [0.05, 0.1) is 6.10 Å². The van der Waals surface area contributed by atoms with E-state index in [-0.39, 0.29) is 6.10 Å². The first-order chi connectivity index (χ1) is 9.54. The number of hydrogen-bond acceptors (Lipinski definition) is 2. The van der Waals surface area contributed by atoms with Gasteiger partial charge in [0, 0.05) is 17.6 Å². The predicted octanol–water partition coefficient (Wildman–Crippen LogP) is 5.09. The van der Waals surface area contributed by atoms with Crippen molar-refractivity contribution in [3.63, 3.8) is 0 Å². The maximum atomic E-state index is 5.91. The third-order valence-electron chi connectivity index (χ3n) is 3.52. The molecule has 114 valence electrons. The van der Waals surface area contributed by atoms with Crippen molar-refractivity contribution >= 4 is 0 Å². The molecule has 0 aliphatic rings. The number of ether oxygens (including phenoxy) is 1. The number of unbranched alkanes of at least 4 members (excludes halogenated alkanes) is 2. The van der Waals surface area contributed by atoms with Crippen LogP contribution in [0.5, 0.6) is 5.75 Å². The number of nitrogens with one attached hydrogen (secondary N) is 1. The molecular formula is C18H31NO. The minimum atomic E-state index is 0.213. The van der Waals surface area contributed by atoms with E-state index in [4.69, 9.17) is 4.74 Å². The van der Waals surface area contributed by atoms with Crippen LogP contribution in [0.25, 0.3) is 0 Å². The average molecular weight is 277 g/mol. The highest BCUT2D eigenvalue weighted by Crippen LogP contribution is 2.26. The Balaban J connectivity index is 2.60. The van der Waals surface area contributed by atoms with E-state index in [0.717, 1.165) is 5.75 Å². The molecule has 2 nitrogen and oxygen atoms in total. The zero-order valence-electron chi connectivity index (χ0n) is 13.8. The summed E-state index contributed by atoms with van der Waals surface area (Å²) in [6, 6.07) is 9.22. The molecule has 1 rings (SSSR count). The molecule has 0 spiro atoms. The summed E-state index contributed by atoms with van der Waals surface area (Å²) in [5.41, 5.74) is 1.25. The van der Waals surface area contributed by atoms with Gasteiger partial charge in [0.2, 0.25) is 0 Å². The monoisotopic (exact) mass is 277 g/mol. The molecule has 0 aliphatic carbocycles. The Bertz CT molecular complexity index is 375. The van der Waals surface area contributed by atoms with Crippen LogP contribution in [0.15, 0.2) is 24.3 Å². The van der Waals surface area contributed by atoms with E-state index in [1.54, 1.807) is 0 Å². The molecule has 2 heteroatoms. The van der Waals surface area contributed by atoms with Crippen LogP contribution >= 0.6 is 0 Å². The molecule has 0 saturated carbocycles. The maximum Gasteiger partial charge on any atom is 0.124 e. The average Bonchev–Trinajstić information content (AvgIpc) is 2.38. The van der Waals surface area contributed by atoms with Crippen molar-refractivity contribution in [3.05, 3.63) is 29.8 Å². The minimum Gasteiger partial charge on any atom is -0.491 e. The van der Waals surface area contributed by atoms with Gasteiger partial charge in [0.1, 0.15) is 5.75 Å². The first kappa shape index (κ1) is 17.0. The third-order valence-corrected chi connectivity index (χ3v) is 3.52. The van der Waals surface area contributed by atoms with E-state index in [1.165, 1.54) is 31.2 Å². The molecule has 0 fully saturated rings. The summed E-state index contributed by atoms with van der Waals surface area (Å²) in [5, 5.41) is 3.69. The Morgan fingerprint density at radius 3 is 2.40 bits per heavy atom. The number of benzene rings is 1. The van der Waals surface area contributed by atoms with E-state index in [1.807, 2.05) is 6.07 Å². The summed E-state index contributed by atoms with van der Waals surface area (Å²) in [6.45, 7) is 10.9. The predicted molar refractivity (Wildman–Crippen MR) is 87.4 cm³/mol. The van der Waals surface area contributed by atoms with Gasteiger partial charge >= 0.3 is 0 Å². The van der Waals surface area contributed by atoms with Crippen LogP contribution in [0.4, 0.5) is 0 Å². The van der Waals surface area contributed by atoms with Crippen molar-refractivity contribution in [2.24, 2.45) is 0 Å². The van der Waals surface area contributed by atoms with Gasteiger partial charge in [-0.15, -0.1) is 0 Å². The van der Waals surface area contributed by atoms with E-state index in [0.29, 0.717) is 12.1 Å². The topological polar surface area (TPSA) is 21.3 Å².